The van der Waals surface area contributed by atoms with Crippen LogP contribution in [0.15, 0.2) is 18.2 Å². The third-order valence-electron chi connectivity index (χ3n) is 3.70. The Morgan fingerprint density at radius 1 is 1.43 bits per heavy atom. The van der Waals surface area contributed by atoms with Crippen LogP contribution in [0.5, 0.6) is 0 Å². The molecule has 1 atom stereocenters. The van der Waals surface area contributed by atoms with E-state index in [0.717, 1.165) is 23.4 Å². The lowest BCUT2D eigenvalue weighted by atomic mass is 10.1. The lowest BCUT2D eigenvalue weighted by molar-refractivity contribution is -0.384. The molecule has 0 spiro atoms. The fraction of sp³-hybridized carbons (Fsp3) is 0.400. The van der Waals surface area contributed by atoms with Gasteiger partial charge in [-0.1, -0.05) is 13.0 Å². The number of nitrogens with zero attached hydrogens (tertiary/aromatic N) is 3. The molecule has 1 N–H and O–H groups in total. The zero-order chi connectivity index (χ0) is 15.7. The summed E-state index contributed by atoms with van der Waals surface area (Å²) in [6, 6.07) is 4.73. The number of nitro benzene ring substituents is 1. The van der Waals surface area contributed by atoms with Crippen LogP contribution in [0.1, 0.15) is 42.5 Å². The van der Waals surface area contributed by atoms with Gasteiger partial charge in [0.25, 0.3) is 5.69 Å². The van der Waals surface area contributed by atoms with E-state index in [1.165, 1.54) is 6.07 Å². The average molecular weight is 289 g/mol. The molecule has 112 valence electrons. The van der Waals surface area contributed by atoms with Crippen LogP contribution in [-0.4, -0.2) is 19.8 Å². The van der Waals surface area contributed by atoms with Gasteiger partial charge in [-0.25, -0.2) is 4.68 Å². The van der Waals surface area contributed by atoms with Gasteiger partial charge < -0.3 is 5.11 Å². The number of nitro groups is 1. The fourth-order valence-electron chi connectivity index (χ4n) is 2.55. The number of rotatable bonds is 4. The van der Waals surface area contributed by atoms with Gasteiger partial charge >= 0.3 is 0 Å². The first-order valence-corrected chi connectivity index (χ1v) is 6.88. The van der Waals surface area contributed by atoms with Gasteiger partial charge in [-0.2, -0.15) is 5.10 Å². The molecular formula is C15H19N3O3. The predicted octanol–water partition coefficient (Wildman–Crippen LogP) is 3.01. The molecule has 0 aliphatic rings. The maximum atomic E-state index is 11.3. The monoisotopic (exact) mass is 289 g/mol. The minimum atomic E-state index is -0.746. The summed E-state index contributed by atoms with van der Waals surface area (Å²) in [5, 5.41) is 25.3. The largest absolute Gasteiger partial charge is 0.389 e. The van der Waals surface area contributed by atoms with Crippen LogP contribution in [0, 0.1) is 24.0 Å². The molecule has 0 fully saturated rings. The lowest BCUT2D eigenvalue weighted by Crippen LogP contribution is -2.05. The number of aliphatic hydroxyl groups excluding tert-OH is 1. The number of hydrogen-bond acceptors (Lipinski definition) is 4. The van der Waals surface area contributed by atoms with Crippen molar-refractivity contribution in [2.45, 2.75) is 40.2 Å². The van der Waals surface area contributed by atoms with Crippen LogP contribution in [0.2, 0.25) is 0 Å². The molecule has 1 aromatic heterocycles. The Labute approximate surface area is 123 Å². The molecule has 1 heterocycles. The molecule has 2 rings (SSSR count). The van der Waals surface area contributed by atoms with E-state index in [-0.39, 0.29) is 5.69 Å². The summed E-state index contributed by atoms with van der Waals surface area (Å²) in [5.41, 5.74) is 3.77. The molecule has 0 radical (unpaired) electrons. The maximum Gasteiger partial charge on any atom is 0.295 e. The van der Waals surface area contributed by atoms with Crippen molar-refractivity contribution in [1.29, 1.82) is 0 Å². The molecule has 6 nitrogen and oxygen atoms in total. The molecule has 1 unspecified atom stereocenters. The van der Waals surface area contributed by atoms with E-state index in [2.05, 4.69) is 5.10 Å². The maximum absolute atomic E-state index is 11.3. The second kappa shape index (κ2) is 5.65. The Kier molecular flexibility index (Phi) is 4.09. The van der Waals surface area contributed by atoms with Crippen LogP contribution in [0.4, 0.5) is 5.69 Å². The Bertz CT molecular complexity index is 690. The van der Waals surface area contributed by atoms with Gasteiger partial charge in [0.2, 0.25) is 0 Å². The van der Waals surface area contributed by atoms with Crippen LogP contribution in [0.25, 0.3) is 5.69 Å². The van der Waals surface area contributed by atoms with E-state index in [4.69, 9.17) is 0 Å². The summed E-state index contributed by atoms with van der Waals surface area (Å²) < 4.78 is 1.61. The standard InChI is InChI=1S/C15H19N3O3/c1-5-13-9(2)16-17(10(13)3)14-7-6-12(11(4)19)8-15(14)18(20)21/h6-8,11,19H,5H2,1-4H3. The Morgan fingerprint density at radius 2 is 2.10 bits per heavy atom. The molecule has 2 aromatic rings. The highest BCUT2D eigenvalue weighted by molar-refractivity contribution is 5.55. The third kappa shape index (κ3) is 2.67. The average Bonchev–Trinajstić information content (AvgIpc) is 2.72. The van der Waals surface area contributed by atoms with Gasteiger partial charge in [-0.3, -0.25) is 10.1 Å². The quantitative estimate of drug-likeness (QED) is 0.693. The number of hydrogen-bond donors (Lipinski definition) is 1. The number of aryl methyl sites for hydroxylation is 1. The van der Waals surface area contributed by atoms with Gasteiger partial charge in [0.05, 0.1) is 16.7 Å². The summed E-state index contributed by atoms with van der Waals surface area (Å²) in [6.45, 7) is 7.42. The molecule has 0 aliphatic carbocycles. The minimum Gasteiger partial charge on any atom is -0.389 e. The van der Waals surface area contributed by atoms with Crippen molar-refractivity contribution in [3.8, 4) is 5.69 Å². The highest BCUT2D eigenvalue weighted by atomic mass is 16.6. The van der Waals surface area contributed by atoms with Crippen molar-refractivity contribution in [3.63, 3.8) is 0 Å². The summed E-state index contributed by atoms with van der Waals surface area (Å²) in [7, 11) is 0. The Hall–Kier alpha value is -2.21. The Morgan fingerprint density at radius 3 is 2.57 bits per heavy atom. The van der Waals surface area contributed by atoms with Crippen LogP contribution >= 0.6 is 0 Å². The van der Waals surface area contributed by atoms with E-state index in [0.29, 0.717) is 11.3 Å². The zero-order valence-electron chi connectivity index (χ0n) is 12.6. The number of aliphatic hydroxyl groups is 1. The second-order valence-corrected chi connectivity index (χ2v) is 5.10. The molecule has 6 heteroatoms. The second-order valence-electron chi connectivity index (χ2n) is 5.10. The smallest absolute Gasteiger partial charge is 0.295 e. The molecule has 0 saturated heterocycles. The number of aromatic nitrogens is 2. The van der Waals surface area contributed by atoms with Gasteiger partial charge in [0.15, 0.2) is 0 Å². The van der Waals surface area contributed by atoms with E-state index in [1.54, 1.807) is 23.7 Å². The summed E-state index contributed by atoms with van der Waals surface area (Å²) in [5.74, 6) is 0. The molecule has 21 heavy (non-hydrogen) atoms. The molecule has 1 aromatic carbocycles. The van der Waals surface area contributed by atoms with Gasteiger partial charge in [-0.05, 0) is 44.4 Å². The lowest BCUT2D eigenvalue weighted by Gasteiger charge is -2.09. The molecule has 0 saturated carbocycles. The van der Waals surface area contributed by atoms with Crippen molar-refractivity contribution < 1.29 is 10.0 Å². The van der Waals surface area contributed by atoms with Crippen LogP contribution in [-0.2, 0) is 6.42 Å². The van der Waals surface area contributed by atoms with Gasteiger partial charge in [0.1, 0.15) is 5.69 Å². The van der Waals surface area contributed by atoms with Crippen molar-refractivity contribution in [2.75, 3.05) is 0 Å². The van der Waals surface area contributed by atoms with E-state index in [1.807, 2.05) is 20.8 Å². The topological polar surface area (TPSA) is 81.2 Å². The molecule has 0 amide bonds. The first-order chi connectivity index (χ1) is 9.86. The number of benzene rings is 1. The Balaban J connectivity index is 2.66. The van der Waals surface area contributed by atoms with Crippen LogP contribution < -0.4 is 0 Å². The van der Waals surface area contributed by atoms with Crippen molar-refractivity contribution in [3.05, 3.63) is 50.8 Å². The highest BCUT2D eigenvalue weighted by Gasteiger charge is 2.21. The van der Waals surface area contributed by atoms with E-state index < -0.39 is 11.0 Å². The van der Waals surface area contributed by atoms with Crippen molar-refractivity contribution >= 4 is 5.69 Å². The van der Waals surface area contributed by atoms with Gasteiger partial charge in [-0.15, -0.1) is 0 Å². The third-order valence-corrected chi connectivity index (χ3v) is 3.70. The van der Waals surface area contributed by atoms with Gasteiger partial charge in [0, 0.05) is 11.8 Å². The summed E-state index contributed by atoms with van der Waals surface area (Å²) >= 11 is 0. The van der Waals surface area contributed by atoms with E-state index in [9.17, 15) is 15.2 Å². The fourth-order valence-corrected chi connectivity index (χ4v) is 2.55. The van der Waals surface area contributed by atoms with Crippen molar-refractivity contribution in [2.24, 2.45) is 0 Å². The van der Waals surface area contributed by atoms with E-state index >= 15 is 0 Å². The highest BCUT2D eigenvalue weighted by Crippen LogP contribution is 2.29. The molecular weight excluding hydrogens is 270 g/mol. The molecule has 0 bridgehead atoms. The summed E-state index contributed by atoms with van der Waals surface area (Å²) in [6.07, 6.45) is 0.0847. The normalized spacial score (nSPS) is 12.4. The first kappa shape index (κ1) is 15.2. The minimum absolute atomic E-state index is 0.0540. The first-order valence-electron chi connectivity index (χ1n) is 6.88. The summed E-state index contributed by atoms with van der Waals surface area (Å²) in [4.78, 5) is 10.9. The molecule has 0 aliphatic heterocycles. The SMILES string of the molecule is CCc1c(C)nn(-c2ccc(C(C)O)cc2[N+](=O)[O-])c1C. The zero-order valence-corrected chi connectivity index (χ0v) is 12.6. The van der Waals surface area contributed by atoms with Crippen molar-refractivity contribution in [1.82, 2.24) is 9.78 Å². The van der Waals surface area contributed by atoms with Crippen LogP contribution in [0.3, 0.4) is 0 Å². The predicted molar refractivity (Wildman–Crippen MR) is 79.7 cm³/mol.